The minimum atomic E-state index is -4.61. The van der Waals surface area contributed by atoms with Gasteiger partial charge < -0.3 is 54.5 Å². The second kappa shape index (κ2) is 32.2. The van der Waals surface area contributed by atoms with Crippen LogP contribution in [0.15, 0.2) is 120 Å². The van der Waals surface area contributed by atoms with Crippen LogP contribution in [0.5, 0.6) is 0 Å². The number of hydrogen-bond acceptors (Lipinski definition) is 25. The Bertz CT molecular complexity index is 4320. The van der Waals surface area contributed by atoms with Gasteiger partial charge in [0.1, 0.15) is 10.1 Å². The molecule has 38 heteroatoms. The molecular weight excluding hydrogens is 1300 g/mol. The Kier molecular flexibility index (Phi) is 28.1. The average Bonchev–Trinajstić information content (AvgIpc) is 1.77. The first kappa shape index (κ1) is 74.9. The third-order valence-corrected chi connectivity index (χ3v) is 12.0. The molecule has 2 aliphatic heterocycles. The van der Waals surface area contributed by atoms with Gasteiger partial charge in [0.2, 0.25) is 37.9 Å². The SMILES string of the molecule is CN(C)c1nc(NCCNS(C)(=O)=O)nc(Nc2[c-]ccc(S(=O)(=O)[O-])c2)n1.CS(=O)(=O)[O-].CS(N)(=O)=O.O=S(=O)=O.[Cu+2].[Na+].[Na+].[Na+].c1ccc2c(c1)-c1nc-2nc2[n-]c(nc3nc(nc4[n-]c(n1)c1ccccc41)-c1ccccc1-3)c1ccccc21. The van der Waals surface area contributed by atoms with Crippen molar-refractivity contribution in [2.24, 2.45) is 5.14 Å². The number of anilines is 4. The van der Waals surface area contributed by atoms with E-state index in [4.69, 9.17) is 65.5 Å². The van der Waals surface area contributed by atoms with E-state index < -0.39 is 55.8 Å². The number of aromatic nitrogens is 11. The van der Waals surface area contributed by atoms with Gasteiger partial charge >= 0.3 is 116 Å². The third kappa shape index (κ3) is 22.1. The van der Waals surface area contributed by atoms with Gasteiger partial charge in [-0.3, -0.25) is 0 Å². The fourth-order valence-electron chi connectivity index (χ4n) is 7.36. The monoisotopic (exact) mass is 1340 g/mol. The zero-order valence-electron chi connectivity index (χ0n) is 46.5. The van der Waals surface area contributed by atoms with E-state index in [0.29, 0.717) is 58.1 Å². The number of rotatable bonds is 9. The standard InChI is InChI=1S/C32H16N8.C14H20N7O5S2.CH5NO2S.CH4O3S.Cu.3Na.O3S/c1-2-10-18-17(9-1)25-33-26(18)38-28-21-13-5-6-14-22(21)30(35-28)40-32-24-16-8-7-15-23(24)31(36-32)39-29-20-12-4-3-11-19(20)27(34-29)37-25;1-21(2)14-19-12(15-7-8-16-27(3,22)23)18-13(20-14)17-10-5-4-6-11(9-10)28(24,25)26;2*1-5(2,3)4;;;;;1-4(2)3/h1-16H;4,6,9,16H,7-8H2,1-3H3,(H,24,25,26)(H2,15,17,18,19,20);1H3,(H2,2,3,4);1H3,(H,2,3,4);;;;;/q-2;-1;;;+2;3*+1;/p-2. The molecule has 0 saturated heterocycles. The number of hydrogen-bond donors (Lipinski definition) is 4. The van der Waals surface area contributed by atoms with Crippen molar-refractivity contribution in [3.63, 3.8) is 0 Å². The summed E-state index contributed by atoms with van der Waals surface area (Å²) in [5.74, 6) is 2.75. The summed E-state index contributed by atoms with van der Waals surface area (Å²) in [5.41, 5.74) is 5.96. The maximum absolute atomic E-state index is 11.1. The largest absolute Gasteiger partial charge is 2.00 e. The van der Waals surface area contributed by atoms with Crippen LogP contribution in [0.4, 0.5) is 23.5 Å². The Morgan fingerprint density at radius 3 is 1.21 bits per heavy atom. The number of benzene rings is 5. The first-order valence-electron chi connectivity index (χ1n) is 23.1. The van der Waals surface area contributed by atoms with Gasteiger partial charge in [0.25, 0.3) is 0 Å². The molecule has 2 aliphatic rings. The van der Waals surface area contributed by atoms with E-state index in [9.17, 15) is 29.8 Å². The van der Waals surface area contributed by atoms with E-state index in [0.717, 1.165) is 68.4 Å². The van der Waals surface area contributed by atoms with Crippen molar-refractivity contribution >= 4 is 119 Å². The minimum Gasteiger partial charge on any atom is -0.748 e. The second-order valence-corrected chi connectivity index (χ2v) is 23.9. The first-order valence-corrected chi connectivity index (χ1v) is 31.1. The molecule has 0 fully saturated rings. The molecule has 5 aromatic carbocycles. The smallest absolute Gasteiger partial charge is 0.748 e. The van der Waals surface area contributed by atoms with Crippen molar-refractivity contribution in [2.45, 2.75) is 4.90 Å². The van der Waals surface area contributed by atoms with Gasteiger partial charge in [0.15, 0.2) is 0 Å². The number of primary sulfonamides is 1. The zero-order valence-corrected chi connectivity index (χ0v) is 57.5. The maximum atomic E-state index is 11.1. The fraction of sp³-hybridized carbons (Fsp3) is 0.146. The van der Waals surface area contributed by atoms with Crippen molar-refractivity contribution < 1.29 is 161 Å². The Labute approximate surface area is 571 Å². The average molecular weight is 1340 g/mol. The van der Waals surface area contributed by atoms with Crippen molar-refractivity contribution in [1.82, 2.24) is 59.5 Å². The van der Waals surface area contributed by atoms with Crippen molar-refractivity contribution in [2.75, 3.05) is 61.5 Å². The normalized spacial score (nSPS) is 11.1. The predicted octanol–water partition coefficient (Wildman–Crippen LogP) is -6.45. The van der Waals surface area contributed by atoms with Gasteiger partial charge in [-0.1, -0.05) is 108 Å². The first-order chi connectivity index (χ1) is 38.5. The van der Waals surface area contributed by atoms with E-state index in [1.54, 1.807) is 19.0 Å². The molecule has 8 bridgehead atoms. The summed E-state index contributed by atoms with van der Waals surface area (Å²) in [7, 11) is -14.7. The summed E-state index contributed by atoms with van der Waals surface area (Å²) in [6.07, 6.45) is 2.59. The Morgan fingerprint density at radius 2 is 0.884 bits per heavy atom. The molecule has 6 heterocycles. The van der Waals surface area contributed by atoms with Gasteiger partial charge in [-0.25, -0.2) is 53.5 Å². The number of fused-ring (bicyclic) bond motifs is 20. The van der Waals surface area contributed by atoms with Crippen molar-refractivity contribution in [3.05, 3.63) is 121 Å². The number of nitrogens with one attached hydrogen (secondary N) is 3. The van der Waals surface area contributed by atoms with Crippen LogP contribution < -0.4 is 124 Å². The number of nitrogens with zero attached hydrogens (tertiary/aromatic N) is 12. The molecular formula is C48H43CuN16Na3O13S5. The fourth-order valence-corrected chi connectivity index (χ4v) is 8.33. The molecule has 1 radical (unpaired) electrons. The van der Waals surface area contributed by atoms with Gasteiger partial charge in [-0.05, 0) is 21.5 Å². The van der Waals surface area contributed by atoms with Crippen LogP contribution in [0.2, 0.25) is 0 Å². The molecule has 29 nitrogen and oxygen atoms in total. The van der Waals surface area contributed by atoms with Crippen LogP contribution >= 0.6 is 0 Å². The molecule has 437 valence electrons. The Hall–Kier alpha value is -5.35. The summed E-state index contributed by atoms with van der Waals surface area (Å²) in [5, 5.41) is 13.5. The summed E-state index contributed by atoms with van der Waals surface area (Å²) in [6.45, 7) is 0.348. The molecule has 0 atom stereocenters. The van der Waals surface area contributed by atoms with Gasteiger partial charge in [-0.15, -0.1) is 18.7 Å². The van der Waals surface area contributed by atoms with Crippen LogP contribution in [0.1, 0.15) is 0 Å². The summed E-state index contributed by atoms with van der Waals surface area (Å²) < 4.78 is 129. The van der Waals surface area contributed by atoms with Gasteiger partial charge in [0, 0.05) is 78.3 Å². The van der Waals surface area contributed by atoms with E-state index in [2.05, 4.69) is 41.5 Å². The number of nitrogens with two attached hydrogens (primary N) is 1. The molecule has 86 heavy (non-hydrogen) atoms. The van der Waals surface area contributed by atoms with Crippen LogP contribution in [-0.4, -0.2) is 146 Å². The molecule has 4 aromatic heterocycles. The van der Waals surface area contributed by atoms with Gasteiger partial charge in [-0.2, -0.15) is 33.2 Å². The second-order valence-electron chi connectivity index (χ2n) is 17.2. The Balaban J connectivity index is 0.000000369. The molecule has 9 aromatic rings. The van der Waals surface area contributed by atoms with E-state index in [1.165, 1.54) is 6.07 Å². The molecule has 0 spiro atoms. The van der Waals surface area contributed by atoms with E-state index in [-0.39, 0.29) is 136 Å². The predicted molar refractivity (Wildman–Crippen MR) is 300 cm³/mol. The minimum absolute atomic E-state index is 0. The van der Waals surface area contributed by atoms with Crippen molar-refractivity contribution in [1.29, 1.82) is 0 Å². The van der Waals surface area contributed by atoms with Gasteiger partial charge in [0.05, 0.1) is 45.9 Å². The quantitative estimate of drug-likeness (QED) is 0.0452. The van der Waals surface area contributed by atoms with E-state index >= 15 is 0 Å². The van der Waals surface area contributed by atoms with Crippen LogP contribution in [0, 0.1) is 6.07 Å². The molecule has 0 amide bonds. The summed E-state index contributed by atoms with van der Waals surface area (Å²) in [4.78, 5) is 53.0. The topological polar surface area (TPSA) is 443 Å². The molecule has 11 rings (SSSR count). The third-order valence-electron chi connectivity index (χ3n) is 10.4. The molecule has 0 aliphatic carbocycles. The molecule has 0 saturated carbocycles. The Morgan fingerprint density at radius 1 is 0.547 bits per heavy atom. The molecule has 0 unspecified atom stereocenters. The zero-order chi connectivity index (χ0) is 59.7. The van der Waals surface area contributed by atoms with Crippen LogP contribution in [-0.2, 0) is 68.0 Å². The maximum Gasteiger partial charge on any atom is 2.00 e. The number of sulfonamides is 2. The molecule has 5 N–H and O–H groups in total. The van der Waals surface area contributed by atoms with Crippen LogP contribution in [0.25, 0.3) is 89.7 Å². The van der Waals surface area contributed by atoms with E-state index in [1.807, 2.05) is 97.1 Å². The van der Waals surface area contributed by atoms with Crippen molar-refractivity contribution in [3.8, 4) is 45.6 Å². The summed E-state index contributed by atoms with van der Waals surface area (Å²) in [6, 6.07) is 38.1. The summed E-state index contributed by atoms with van der Waals surface area (Å²) >= 11 is 0. The van der Waals surface area contributed by atoms with Crippen LogP contribution in [0.3, 0.4) is 0 Å².